The van der Waals surface area contributed by atoms with Crippen molar-refractivity contribution in [1.29, 1.82) is 0 Å². The molecule has 2 unspecified atom stereocenters. The molecule has 0 saturated carbocycles. The van der Waals surface area contributed by atoms with Crippen molar-refractivity contribution in [3.63, 3.8) is 0 Å². The summed E-state index contributed by atoms with van der Waals surface area (Å²) in [6, 6.07) is 1.70. The van der Waals surface area contributed by atoms with Gasteiger partial charge in [0.1, 0.15) is 24.4 Å². The summed E-state index contributed by atoms with van der Waals surface area (Å²) in [6.07, 6.45) is -1.09. The number of pyridine rings is 1. The summed E-state index contributed by atoms with van der Waals surface area (Å²) in [5.74, 6) is 0. The molecule has 0 amide bonds. The minimum Gasteiger partial charge on any atom is -0.394 e. The van der Waals surface area contributed by atoms with Crippen LogP contribution in [0.3, 0.4) is 0 Å². The Bertz CT molecular complexity index is 472. The molecule has 0 bridgehead atoms. The van der Waals surface area contributed by atoms with E-state index in [-0.39, 0.29) is 12.2 Å². The first-order valence-electron chi connectivity index (χ1n) is 5.75. The van der Waals surface area contributed by atoms with E-state index in [1.165, 1.54) is 7.11 Å². The molecule has 2 rings (SSSR count). The van der Waals surface area contributed by atoms with Gasteiger partial charge in [0.2, 0.25) is 0 Å². The Balaban J connectivity index is 2.31. The number of hydrogen-bond acceptors (Lipinski definition) is 5. The molecule has 0 aromatic carbocycles. The Morgan fingerprint density at radius 3 is 2.83 bits per heavy atom. The zero-order chi connectivity index (χ0) is 13.3. The number of aliphatic hydroxyl groups excluding tert-OH is 2. The topological polar surface area (TPSA) is 91.8 Å². The lowest BCUT2D eigenvalue weighted by atomic mass is 10.0. The quantitative estimate of drug-likeness (QED) is 0.676. The van der Waals surface area contributed by atoms with Crippen molar-refractivity contribution in [3.8, 4) is 0 Å². The van der Waals surface area contributed by atoms with Gasteiger partial charge >= 0.3 is 0 Å². The van der Waals surface area contributed by atoms with Gasteiger partial charge in [-0.2, -0.15) is 0 Å². The van der Waals surface area contributed by atoms with Crippen LogP contribution in [0.2, 0.25) is 0 Å². The number of rotatable bonds is 3. The van der Waals surface area contributed by atoms with E-state index in [1.54, 1.807) is 19.2 Å². The predicted octanol–water partition coefficient (Wildman–Crippen LogP) is -0.509. The Morgan fingerprint density at radius 2 is 2.28 bits per heavy atom. The molecule has 1 aliphatic heterocycles. The zero-order valence-corrected chi connectivity index (χ0v) is 10.3. The van der Waals surface area contributed by atoms with Gasteiger partial charge in [0.05, 0.1) is 6.61 Å². The third-order valence-electron chi connectivity index (χ3n) is 3.23. The van der Waals surface area contributed by atoms with Crippen molar-refractivity contribution in [2.24, 2.45) is 0 Å². The molecule has 1 fully saturated rings. The van der Waals surface area contributed by atoms with E-state index in [2.05, 4.69) is 4.98 Å². The highest BCUT2D eigenvalue weighted by molar-refractivity contribution is 5.22. The van der Waals surface area contributed by atoms with Gasteiger partial charge in [-0.1, -0.05) is 0 Å². The zero-order valence-electron chi connectivity index (χ0n) is 10.3. The van der Waals surface area contributed by atoms with Crippen LogP contribution in [-0.4, -0.2) is 47.2 Å². The molecule has 2 heterocycles. The highest BCUT2D eigenvalue weighted by atomic mass is 16.6. The molecule has 0 spiro atoms. The molecule has 4 atom stereocenters. The third kappa shape index (κ3) is 2.20. The fourth-order valence-electron chi connectivity index (χ4n) is 2.20. The minimum absolute atomic E-state index is 0.162. The molecule has 100 valence electrons. The second-order valence-electron chi connectivity index (χ2n) is 4.41. The minimum atomic E-state index is -0.891. The molecule has 3 N–H and O–H groups in total. The molecule has 6 nitrogen and oxygen atoms in total. The standard InChI is InChI=1S/C12H17NO5/c1-6-3-7(4-13-12(6)16)10-11(17-2)9(15)8(5-14)18-10/h3-4,8-11,14-15H,5H2,1-2H3,(H,13,16)/t8-,9?,10+,11?/m1/s1. The lowest BCUT2D eigenvalue weighted by molar-refractivity contribution is -0.0235. The monoisotopic (exact) mass is 255 g/mol. The van der Waals surface area contributed by atoms with Gasteiger partial charge in [-0.15, -0.1) is 0 Å². The second kappa shape index (κ2) is 5.19. The Labute approximate surface area is 104 Å². The molecule has 6 heteroatoms. The van der Waals surface area contributed by atoms with Gasteiger partial charge in [-0.05, 0) is 13.0 Å². The summed E-state index contributed by atoms with van der Waals surface area (Å²) < 4.78 is 10.8. The van der Waals surface area contributed by atoms with Crippen molar-refractivity contribution < 1.29 is 19.7 Å². The van der Waals surface area contributed by atoms with Crippen molar-refractivity contribution >= 4 is 0 Å². The van der Waals surface area contributed by atoms with Gasteiger partial charge in [-0.25, -0.2) is 0 Å². The summed E-state index contributed by atoms with van der Waals surface area (Å²) in [5.41, 5.74) is 1.12. The van der Waals surface area contributed by atoms with Crippen LogP contribution in [0.15, 0.2) is 17.1 Å². The number of aromatic amines is 1. The molecular formula is C12H17NO5. The SMILES string of the molecule is COC1C(O)[C@@H](CO)O[C@H]1c1c[nH]c(=O)c(C)c1. The maximum absolute atomic E-state index is 11.3. The maximum Gasteiger partial charge on any atom is 0.250 e. The molecule has 0 radical (unpaired) electrons. The molecule has 1 saturated heterocycles. The molecule has 18 heavy (non-hydrogen) atoms. The number of H-pyrrole nitrogens is 1. The summed E-state index contributed by atoms with van der Waals surface area (Å²) in [4.78, 5) is 13.9. The Hall–Kier alpha value is -1.21. The van der Waals surface area contributed by atoms with Crippen molar-refractivity contribution in [1.82, 2.24) is 4.98 Å². The van der Waals surface area contributed by atoms with Gasteiger partial charge < -0.3 is 24.7 Å². The summed E-state index contributed by atoms with van der Waals surface area (Å²) >= 11 is 0. The molecular weight excluding hydrogens is 238 g/mol. The summed E-state index contributed by atoms with van der Waals surface area (Å²) in [6.45, 7) is 1.42. The van der Waals surface area contributed by atoms with E-state index < -0.39 is 24.4 Å². The normalized spacial score (nSPS) is 31.8. The fourth-order valence-corrected chi connectivity index (χ4v) is 2.20. The highest BCUT2D eigenvalue weighted by Crippen LogP contribution is 2.34. The highest BCUT2D eigenvalue weighted by Gasteiger charge is 2.44. The van der Waals surface area contributed by atoms with Crippen LogP contribution >= 0.6 is 0 Å². The molecule has 0 aliphatic carbocycles. The number of aliphatic hydroxyl groups is 2. The number of ether oxygens (including phenoxy) is 2. The van der Waals surface area contributed by atoms with E-state index in [4.69, 9.17) is 14.6 Å². The van der Waals surface area contributed by atoms with Crippen LogP contribution < -0.4 is 5.56 Å². The number of aromatic nitrogens is 1. The lowest BCUT2D eigenvalue weighted by Crippen LogP contribution is -2.33. The van der Waals surface area contributed by atoms with Gasteiger partial charge in [0.25, 0.3) is 5.56 Å². The fraction of sp³-hybridized carbons (Fsp3) is 0.583. The summed E-state index contributed by atoms with van der Waals surface area (Å²) in [5, 5.41) is 19.0. The van der Waals surface area contributed by atoms with Crippen LogP contribution in [0.1, 0.15) is 17.2 Å². The second-order valence-corrected chi connectivity index (χ2v) is 4.41. The van der Waals surface area contributed by atoms with E-state index in [1.807, 2.05) is 0 Å². The first kappa shape index (κ1) is 13.2. The molecule has 1 aromatic rings. The van der Waals surface area contributed by atoms with E-state index >= 15 is 0 Å². The molecule has 1 aromatic heterocycles. The smallest absolute Gasteiger partial charge is 0.250 e. The Kier molecular flexibility index (Phi) is 3.82. The van der Waals surface area contributed by atoms with Crippen LogP contribution in [0.5, 0.6) is 0 Å². The lowest BCUT2D eigenvalue weighted by Gasteiger charge is -2.18. The van der Waals surface area contributed by atoms with E-state index in [9.17, 15) is 9.90 Å². The number of nitrogens with one attached hydrogen (secondary N) is 1. The van der Waals surface area contributed by atoms with Gasteiger partial charge in [0, 0.05) is 24.4 Å². The van der Waals surface area contributed by atoms with Crippen LogP contribution in [0.4, 0.5) is 0 Å². The van der Waals surface area contributed by atoms with E-state index in [0.29, 0.717) is 11.1 Å². The predicted molar refractivity (Wildman–Crippen MR) is 63.3 cm³/mol. The molecule has 1 aliphatic rings. The van der Waals surface area contributed by atoms with Crippen LogP contribution in [0, 0.1) is 6.92 Å². The van der Waals surface area contributed by atoms with Gasteiger partial charge in [0.15, 0.2) is 0 Å². The van der Waals surface area contributed by atoms with Crippen LogP contribution in [-0.2, 0) is 9.47 Å². The number of aryl methyl sites for hydroxylation is 1. The van der Waals surface area contributed by atoms with Crippen molar-refractivity contribution in [3.05, 3.63) is 33.7 Å². The van der Waals surface area contributed by atoms with E-state index in [0.717, 1.165) is 0 Å². The Morgan fingerprint density at radius 1 is 1.56 bits per heavy atom. The first-order chi connectivity index (χ1) is 8.58. The van der Waals surface area contributed by atoms with Crippen molar-refractivity contribution in [2.45, 2.75) is 31.3 Å². The number of hydrogen-bond donors (Lipinski definition) is 3. The summed E-state index contributed by atoms with van der Waals surface area (Å²) in [7, 11) is 1.47. The van der Waals surface area contributed by atoms with Crippen LogP contribution in [0.25, 0.3) is 0 Å². The average Bonchev–Trinajstić information content (AvgIpc) is 2.69. The maximum atomic E-state index is 11.3. The number of methoxy groups -OCH3 is 1. The first-order valence-corrected chi connectivity index (χ1v) is 5.75. The average molecular weight is 255 g/mol. The largest absolute Gasteiger partial charge is 0.394 e. The van der Waals surface area contributed by atoms with Gasteiger partial charge in [-0.3, -0.25) is 4.79 Å². The third-order valence-corrected chi connectivity index (χ3v) is 3.23. The van der Waals surface area contributed by atoms with Crippen molar-refractivity contribution in [2.75, 3.05) is 13.7 Å².